The van der Waals surface area contributed by atoms with Crippen LogP contribution < -0.4 is 20.9 Å². The van der Waals surface area contributed by atoms with Gasteiger partial charge in [0.2, 0.25) is 11.9 Å². The first-order chi connectivity index (χ1) is 8.76. The highest BCUT2D eigenvalue weighted by Gasteiger charge is 2.21. The average molecular weight is 254 g/mol. The van der Waals surface area contributed by atoms with Crippen molar-refractivity contribution in [3.63, 3.8) is 0 Å². The van der Waals surface area contributed by atoms with Gasteiger partial charge in [0.1, 0.15) is 0 Å². The molecular weight excluding hydrogens is 236 g/mol. The van der Waals surface area contributed by atoms with E-state index in [1.54, 1.807) is 7.11 Å². The number of anilines is 2. The van der Waals surface area contributed by atoms with E-state index >= 15 is 0 Å². The summed E-state index contributed by atoms with van der Waals surface area (Å²) < 4.78 is 10.3. The van der Waals surface area contributed by atoms with Crippen LogP contribution in [0.2, 0.25) is 0 Å². The molecule has 0 unspecified atom stereocenters. The van der Waals surface area contributed by atoms with Gasteiger partial charge in [0.25, 0.3) is 0 Å². The molecule has 8 nitrogen and oxygen atoms in total. The Hall–Kier alpha value is -1.67. The summed E-state index contributed by atoms with van der Waals surface area (Å²) in [6.45, 7) is 1.69. The zero-order valence-corrected chi connectivity index (χ0v) is 10.6. The van der Waals surface area contributed by atoms with Crippen molar-refractivity contribution in [1.29, 1.82) is 0 Å². The van der Waals surface area contributed by atoms with Gasteiger partial charge in [-0.15, -0.1) is 0 Å². The fourth-order valence-electron chi connectivity index (χ4n) is 1.93. The molecule has 0 spiro atoms. The maximum absolute atomic E-state index is 5.33. The SMILES string of the molecule is COc1nc(NN)nc(N2CCC(OC)CC2)n1. The molecule has 2 heterocycles. The summed E-state index contributed by atoms with van der Waals surface area (Å²) >= 11 is 0. The van der Waals surface area contributed by atoms with Crippen LogP contribution in [0.4, 0.5) is 11.9 Å². The van der Waals surface area contributed by atoms with Crippen LogP contribution in [0.15, 0.2) is 0 Å². The van der Waals surface area contributed by atoms with Gasteiger partial charge in [-0.2, -0.15) is 15.0 Å². The maximum atomic E-state index is 5.33. The van der Waals surface area contributed by atoms with Gasteiger partial charge in [-0.3, -0.25) is 5.43 Å². The van der Waals surface area contributed by atoms with Gasteiger partial charge >= 0.3 is 6.01 Å². The molecule has 0 aliphatic carbocycles. The molecular formula is C10H18N6O2. The number of nitrogens with zero attached hydrogens (tertiary/aromatic N) is 4. The highest BCUT2D eigenvalue weighted by Crippen LogP contribution is 2.20. The summed E-state index contributed by atoms with van der Waals surface area (Å²) in [6, 6.07) is 0.252. The lowest BCUT2D eigenvalue weighted by atomic mass is 10.1. The Labute approximate surface area is 105 Å². The second kappa shape index (κ2) is 5.78. The quantitative estimate of drug-likeness (QED) is 0.562. The van der Waals surface area contributed by atoms with Crippen LogP contribution in [0, 0.1) is 0 Å². The van der Waals surface area contributed by atoms with Gasteiger partial charge in [0, 0.05) is 20.2 Å². The second-order valence-electron chi connectivity index (χ2n) is 4.01. The van der Waals surface area contributed by atoms with Gasteiger partial charge in [-0.25, -0.2) is 5.84 Å². The molecule has 1 aliphatic heterocycles. The van der Waals surface area contributed by atoms with Crippen molar-refractivity contribution in [3.05, 3.63) is 0 Å². The van der Waals surface area contributed by atoms with E-state index in [-0.39, 0.29) is 6.01 Å². The van der Waals surface area contributed by atoms with Gasteiger partial charge < -0.3 is 14.4 Å². The molecule has 0 aromatic carbocycles. The first-order valence-electron chi connectivity index (χ1n) is 5.81. The van der Waals surface area contributed by atoms with Crippen molar-refractivity contribution in [3.8, 4) is 6.01 Å². The zero-order valence-electron chi connectivity index (χ0n) is 10.6. The van der Waals surface area contributed by atoms with Crippen molar-refractivity contribution >= 4 is 11.9 Å². The van der Waals surface area contributed by atoms with Crippen molar-refractivity contribution in [2.45, 2.75) is 18.9 Å². The summed E-state index contributed by atoms with van der Waals surface area (Å²) in [7, 11) is 3.25. The lowest BCUT2D eigenvalue weighted by molar-refractivity contribution is 0.0816. The third-order valence-corrected chi connectivity index (χ3v) is 2.97. The molecule has 1 saturated heterocycles. The van der Waals surface area contributed by atoms with Crippen LogP contribution in [0.3, 0.4) is 0 Å². The summed E-state index contributed by atoms with van der Waals surface area (Å²) in [6.07, 6.45) is 2.23. The van der Waals surface area contributed by atoms with Gasteiger partial charge in [-0.05, 0) is 12.8 Å². The van der Waals surface area contributed by atoms with Gasteiger partial charge in [-0.1, -0.05) is 0 Å². The molecule has 0 amide bonds. The molecule has 1 fully saturated rings. The predicted octanol–water partition coefficient (Wildman–Crippen LogP) is -0.219. The Morgan fingerprint density at radius 1 is 1.22 bits per heavy atom. The summed E-state index contributed by atoms with van der Waals surface area (Å²) in [5.74, 6) is 6.19. The molecule has 1 aromatic rings. The van der Waals surface area contributed by atoms with E-state index in [9.17, 15) is 0 Å². The van der Waals surface area contributed by atoms with Crippen LogP contribution >= 0.6 is 0 Å². The number of ether oxygens (including phenoxy) is 2. The Bertz CT molecular complexity index is 372. The molecule has 1 aliphatic rings. The summed E-state index contributed by atoms with van der Waals surface area (Å²) in [5.41, 5.74) is 2.41. The van der Waals surface area contributed by atoms with Gasteiger partial charge in [0.05, 0.1) is 13.2 Å². The minimum atomic E-state index is 0.252. The number of aromatic nitrogens is 3. The van der Waals surface area contributed by atoms with Crippen LogP contribution in [-0.2, 0) is 4.74 Å². The lowest BCUT2D eigenvalue weighted by Crippen LogP contribution is -2.37. The van der Waals surface area contributed by atoms with E-state index in [1.165, 1.54) is 7.11 Å². The number of nitrogen functional groups attached to an aromatic ring is 1. The van der Waals surface area contributed by atoms with Crippen molar-refractivity contribution < 1.29 is 9.47 Å². The number of hydrogen-bond donors (Lipinski definition) is 2. The molecule has 0 bridgehead atoms. The minimum Gasteiger partial charge on any atom is -0.467 e. The van der Waals surface area contributed by atoms with Crippen LogP contribution in [0.1, 0.15) is 12.8 Å². The number of hydrazine groups is 1. The van der Waals surface area contributed by atoms with Crippen LogP contribution in [-0.4, -0.2) is 48.4 Å². The van der Waals surface area contributed by atoms with Crippen LogP contribution in [0.5, 0.6) is 6.01 Å². The fraction of sp³-hybridized carbons (Fsp3) is 0.700. The molecule has 1 aromatic heterocycles. The number of nitrogens with two attached hydrogens (primary N) is 1. The largest absolute Gasteiger partial charge is 0.467 e. The predicted molar refractivity (Wildman–Crippen MR) is 66.4 cm³/mol. The Balaban J connectivity index is 2.13. The first-order valence-corrected chi connectivity index (χ1v) is 5.81. The van der Waals surface area contributed by atoms with E-state index in [2.05, 4.69) is 25.3 Å². The monoisotopic (exact) mass is 254 g/mol. The Kier molecular flexibility index (Phi) is 4.11. The number of piperidine rings is 1. The molecule has 8 heteroatoms. The van der Waals surface area contributed by atoms with Crippen molar-refractivity contribution in [2.75, 3.05) is 37.6 Å². The minimum absolute atomic E-state index is 0.252. The molecule has 3 N–H and O–H groups in total. The van der Waals surface area contributed by atoms with E-state index in [0.29, 0.717) is 18.0 Å². The maximum Gasteiger partial charge on any atom is 0.322 e. The third-order valence-electron chi connectivity index (χ3n) is 2.97. The standard InChI is InChI=1S/C10H18N6O2/c1-17-7-3-5-16(6-4-7)9-12-8(15-11)13-10(14-9)18-2/h7H,3-6,11H2,1-2H3,(H,12,13,14,15). The number of hydrogen-bond acceptors (Lipinski definition) is 8. The Morgan fingerprint density at radius 3 is 2.50 bits per heavy atom. The zero-order chi connectivity index (χ0) is 13.0. The molecule has 0 radical (unpaired) electrons. The smallest absolute Gasteiger partial charge is 0.322 e. The number of nitrogens with one attached hydrogen (secondary N) is 1. The van der Waals surface area contributed by atoms with Crippen LogP contribution in [0.25, 0.3) is 0 Å². The fourth-order valence-corrected chi connectivity index (χ4v) is 1.93. The third kappa shape index (κ3) is 2.77. The highest BCUT2D eigenvalue weighted by molar-refractivity contribution is 5.38. The second-order valence-corrected chi connectivity index (χ2v) is 4.01. The molecule has 0 atom stereocenters. The number of methoxy groups -OCH3 is 2. The van der Waals surface area contributed by atoms with E-state index in [0.717, 1.165) is 25.9 Å². The molecule has 18 heavy (non-hydrogen) atoms. The van der Waals surface area contributed by atoms with E-state index < -0.39 is 0 Å². The highest BCUT2D eigenvalue weighted by atomic mass is 16.5. The normalized spacial score (nSPS) is 16.7. The van der Waals surface area contributed by atoms with E-state index in [1.807, 2.05) is 0 Å². The molecule has 100 valence electrons. The van der Waals surface area contributed by atoms with E-state index in [4.69, 9.17) is 15.3 Å². The topological polar surface area (TPSA) is 98.4 Å². The molecule has 0 saturated carbocycles. The lowest BCUT2D eigenvalue weighted by Gasteiger charge is -2.31. The summed E-state index contributed by atoms with van der Waals surface area (Å²) in [5, 5.41) is 0. The Morgan fingerprint density at radius 2 is 1.94 bits per heavy atom. The molecule has 2 rings (SSSR count). The number of rotatable bonds is 4. The summed E-state index contributed by atoms with van der Waals surface area (Å²) in [4.78, 5) is 14.5. The van der Waals surface area contributed by atoms with Crippen molar-refractivity contribution in [2.24, 2.45) is 5.84 Å². The average Bonchev–Trinajstić information content (AvgIpc) is 2.46. The first kappa shape index (κ1) is 12.8. The van der Waals surface area contributed by atoms with Gasteiger partial charge in [0.15, 0.2) is 0 Å². The van der Waals surface area contributed by atoms with Crippen molar-refractivity contribution in [1.82, 2.24) is 15.0 Å².